The Morgan fingerprint density at radius 1 is 1.40 bits per heavy atom. The first-order valence-corrected chi connectivity index (χ1v) is 5.60. The lowest BCUT2D eigenvalue weighted by Crippen LogP contribution is -2.11. The SMILES string of the molecule is COCCCC(N)c1ccc(Cl)cc1Cl. The summed E-state index contributed by atoms with van der Waals surface area (Å²) in [6, 6.07) is 5.35. The summed E-state index contributed by atoms with van der Waals surface area (Å²) in [6.07, 6.45) is 1.78. The van der Waals surface area contributed by atoms with Crippen LogP contribution >= 0.6 is 23.2 Å². The number of benzene rings is 1. The fourth-order valence-corrected chi connectivity index (χ4v) is 1.95. The molecule has 4 heteroatoms. The summed E-state index contributed by atoms with van der Waals surface area (Å²) in [5, 5.41) is 1.26. The van der Waals surface area contributed by atoms with Crippen LogP contribution in [0.1, 0.15) is 24.4 Å². The van der Waals surface area contributed by atoms with Crippen molar-refractivity contribution < 1.29 is 4.74 Å². The van der Waals surface area contributed by atoms with E-state index in [1.54, 1.807) is 19.2 Å². The lowest BCUT2D eigenvalue weighted by atomic mass is 10.0. The zero-order valence-electron chi connectivity index (χ0n) is 8.67. The van der Waals surface area contributed by atoms with Crippen LogP contribution in [0, 0.1) is 0 Å². The molecule has 0 spiro atoms. The van der Waals surface area contributed by atoms with Crippen molar-refractivity contribution in [2.45, 2.75) is 18.9 Å². The minimum absolute atomic E-state index is 0.0510. The molecule has 0 bridgehead atoms. The number of methoxy groups -OCH3 is 1. The van der Waals surface area contributed by atoms with Crippen molar-refractivity contribution in [3.05, 3.63) is 33.8 Å². The Balaban J connectivity index is 2.61. The first-order chi connectivity index (χ1) is 7.15. The summed E-state index contributed by atoms with van der Waals surface area (Å²) in [7, 11) is 1.68. The number of rotatable bonds is 5. The van der Waals surface area contributed by atoms with Crippen molar-refractivity contribution in [1.29, 1.82) is 0 Å². The molecule has 1 aromatic carbocycles. The number of halogens is 2. The molecule has 1 atom stereocenters. The summed E-state index contributed by atoms with van der Waals surface area (Å²) in [4.78, 5) is 0. The van der Waals surface area contributed by atoms with Crippen molar-refractivity contribution in [2.24, 2.45) is 5.73 Å². The van der Waals surface area contributed by atoms with E-state index in [9.17, 15) is 0 Å². The van der Waals surface area contributed by atoms with Crippen LogP contribution in [0.2, 0.25) is 10.0 Å². The first-order valence-electron chi connectivity index (χ1n) is 4.84. The topological polar surface area (TPSA) is 35.2 Å². The minimum Gasteiger partial charge on any atom is -0.385 e. The number of hydrogen-bond acceptors (Lipinski definition) is 2. The van der Waals surface area contributed by atoms with Crippen LogP contribution < -0.4 is 5.73 Å². The van der Waals surface area contributed by atoms with Crippen LogP contribution in [0.4, 0.5) is 0 Å². The molecule has 84 valence electrons. The van der Waals surface area contributed by atoms with Gasteiger partial charge >= 0.3 is 0 Å². The molecule has 0 saturated heterocycles. The molecule has 0 saturated carbocycles. The monoisotopic (exact) mass is 247 g/mol. The number of ether oxygens (including phenoxy) is 1. The van der Waals surface area contributed by atoms with Gasteiger partial charge in [0.15, 0.2) is 0 Å². The van der Waals surface area contributed by atoms with E-state index in [-0.39, 0.29) is 6.04 Å². The Bertz CT molecular complexity index is 317. The molecular weight excluding hydrogens is 233 g/mol. The highest BCUT2D eigenvalue weighted by Crippen LogP contribution is 2.27. The van der Waals surface area contributed by atoms with Crippen LogP contribution in [0.25, 0.3) is 0 Å². The van der Waals surface area contributed by atoms with Crippen LogP contribution in [0.3, 0.4) is 0 Å². The van der Waals surface area contributed by atoms with Crippen molar-refractivity contribution in [3.63, 3.8) is 0 Å². The molecule has 1 rings (SSSR count). The highest BCUT2D eigenvalue weighted by Gasteiger charge is 2.09. The summed E-state index contributed by atoms with van der Waals surface area (Å²) >= 11 is 11.8. The average molecular weight is 248 g/mol. The maximum absolute atomic E-state index is 6.04. The van der Waals surface area contributed by atoms with E-state index >= 15 is 0 Å². The van der Waals surface area contributed by atoms with E-state index in [0.29, 0.717) is 10.0 Å². The van der Waals surface area contributed by atoms with Gasteiger partial charge < -0.3 is 10.5 Å². The third kappa shape index (κ3) is 3.99. The molecule has 0 aliphatic carbocycles. The molecule has 0 aromatic heterocycles. The Morgan fingerprint density at radius 2 is 2.13 bits per heavy atom. The predicted octanol–water partition coefficient (Wildman–Crippen LogP) is 3.42. The fourth-order valence-electron chi connectivity index (χ4n) is 1.41. The second-order valence-electron chi connectivity index (χ2n) is 3.41. The van der Waals surface area contributed by atoms with Gasteiger partial charge in [-0.05, 0) is 30.5 Å². The summed E-state index contributed by atoms with van der Waals surface area (Å²) in [5.41, 5.74) is 6.95. The fraction of sp³-hybridized carbons (Fsp3) is 0.455. The number of hydrogen-bond donors (Lipinski definition) is 1. The largest absolute Gasteiger partial charge is 0.385 e. The second-order valence-corrected chi connectivity index (χ2v) is 4.25. The lowest BCUT2D eigenvalue weighted by molar-refractivity contribution is 0.190. The van der Waals surface area contributed by atoms with Crippen molar-refractivity contribution in [2.75, 3.05) is 13.7 Å². The number of nitrogens with two attached hydrogens (primary N) is 1. The van der Waals surface area contributed by atoms with Crippen LogP contribution in [-0.2, 0) is 4.74 Å². The summed E-state index contributed by atoms with van der Waals surface area (Å²) < 4.78 is 4.97. The Kier molecular flexibility index (Phi) is 5.40. The standard InChI is InChI=1S/C11H15Cl2NO/c1-15-6-2-3-11(14)9-5-4-8(12)7-10(9)13/h4-5,7,11H,2-3,6,14H2,1H3. The van der Waals surface area contributed by atoms with E-state index in [2.05, 4.69) is 0 Å². The van der Waals surface area contributed by atoms with Crippen molar-refractivity contribution >= 4 is 23.2 Å². The quantitative estimate of drug-likeness (QED) is 0.810. The lowest BCUT2D eigenvalue weighted by Gasteiger charge is -2.13. The van der Waals surface area contributed by atoms with Gasteiger partial charge in [-0.15, -0.1) is 0 Å². The van der Waals surface area contributed by atoms with Gasteiger partial charge in [0, 0.05) is 29.8 Å². The van der Waals surface area contributed by atoms with Gasteiger partial charge in [0.2, 0.25) is 0 Å². The molecule has 0 amide bonds. The molecule has 15 heavy (non-hydrogen) atoms. The zero-order chi connectivity index (χ0) is 11.3. The van der Waals surface area contributed by atoms with Gasteiger partial charge in [-0.2, -0.15) is 0 Å². The molecule has 0 aliphatic rings. The third-order valence-corrected chi connectivity index (χ3v) is 2.79. The van der Waals surface area contributed by atoms with E-state index < -0.39 is 0 Å². The summed E-state index contributed by atoms with van der Waals surface area (Å²) in [6.45, 7) is 0.721. The van der Waals surface area contributed by atoms with Gasteiger partial charge in [0.05, 0.1) is 0 Å². The second kappa shape index (κ2) is 6.33. The predicted molar refractivity (Wildman–Crippen MR) is 64.5 cm³/mol. The molecule has 2 nitrogen and oxygen atoms in total. The Hall–Kier alpha value is -0.280. The van der Waals surface area contributed by atoms with Crippen molar-refractivity contribution in [1.82, 2.24) is 0 Å². The molecular formula is C11H15Cl2NO. The van der Waals surface area contributed by atoms with Gasteiger partial charge in [0.25, 0.3) is 0 Å². The maximum Gasteiger partial charge on any atom is 0.0468 e. The normalized spacial score (nSPS) is 12.8. The van der Waals surface area contributed by atoms with Gasteiger partial charge in [-0.1, -0.05) is 29.3 Å². The molecule has 2 N–H and O–H groups in total. The van der Waals surface area contributed by atoms with Crippen molar-refractivity contribution in [3.8, 4) is 0 Å². The zero-order valence-corrected chi connectivity index (χ0v) is 10.2. The van der Waals surface area contributed by atoms with E-state index in [0.717, 1.165) is 25.0 Å². The molecule has 0 heterocycles. The van der Waals surface area contributed by atoms with Crippen LogP contribution in [0.15, 0.2) is 18.2 Å². The molecule has 0 aliphatic heterocycles. The molecule has 0 radical (unpaired) electrons. The van der Waals surface area contributed by atoms with Gasteiger partial charge in [-0.3, -0.25) is 0 Å². The Morgan fingerprint density at radius 3 is 2.73 bits per heavy atom. The van der Waals surface area contributed by atoms with Gasteiger partial charge in [-0.25, -0.2) is 0 Å². The smallest absolute Gasteiger partial charge is 0.0468 e. The first kappa shape index (κ1) is 12.8. The third-order valence-electron chi connectivity index (χ3n) is 2.23. The van der Waals surface area contributed by atoms with E-state index in [1.807, 2.05) is 6.07 Å². The maximum atomic E-state index is 6.04. The molecule has 0 fully saturated rings. The average Bonchev–Trinajstić information content (AvgIpc) is 2.17. The van der Waals surface area contributed by atoms with E-state index in [4.69, 9.17) is 33.7 Å². The van der Waals surface area contributed by atoms with E-state index in [1.165, 1.54) is 0 Å². The molecule has 1 aromatic rings. The van der Waals surface area contributed by atoms with Gasteiger partial charge in [0.1, 0.15) is 0 Å². The highest BCUT2D eigenvalue weighted by atomic mass is 35.5. The molecule has 1 unspecified atom stereocenters. The van der Waals surface area contributed by atoms with Crippen LogP contribution in [-0.4, -0.2) is 13.7 Å². The highest BCUT2D eigenvalue weighted by molar-refractivity contribution is 6.35. The Labute approximate surface area is 100 Å². The minimum atomic E-state index is -0.0510. The summed E-state index contributed by atoms with van der Waals surface area (Å²) in [5.74, 6) is 0. The van der Waals surface area contributed by atoms with Crippen LogP contribution in [0.5, 0.6) is 0 Å².